The molecule has 0 aliphatic rings. The summed E-state index contributed by atoms with van der Waals surface area (Å²) in [6, 6.07) is 4.53. The molecule has 0 aromatic heterocycles. The lowest BCUT2D eigenvalue weighted by molar-refractivity contribution is 0.543. The van der Waals surface area contributed by atoms with Gasteiger partial charge in [0.15, 0.2) is 0 Å². The van der Waals surface area contributed by atoms with Gasteiger partial charge in [-0.1, -0.05) is 76.8 Å². The predicted octanol–water partition coefficient (Wildman–Crippen LogP) is 6.62. The highest BCUT2D eigenvalue weighted by atomic mass is 14.8. The third-order valence-corrected chi connectivity index (χ3v) is 5.19. The normalized spacial score (nSPS) is 11.1. The number of aryl methyl sites for hydroxylation is 1. The van der Waals surface area contributed by atoms with Crippen molar-refractivity contribution in [2.75, 3.05) is 6.54 Å². The quantitative estimate of drug-likeness (QED) is 0.403. The topological polar surface area (TPSA) is 12.0 Å². The Morgan fingerprint density at radius 3 is 1.87 bits per heavy atom. The molecule has 0 saturated heterocycles. The minimum absolute atomic E-state index is 1.02. The number of benzene rings is 1. The zero-order chi connectivity index (χ0) is 16.9. The molecule has 1 aromatic carbocycles. The minimum atomic E-state index is 1.02. The van der Waals surface area contributed by atoms with Gasteiger partial charge in [0.05, 0.1) is 0 Å². The smallest absolute Gasteiger partial charge is 0.0208 e. The second-order valence-corrected chi connectivity index (χ2v) is 7.15. The fourth-order valence-electron chi connectivity index (χ4n) is 3.16. The van der Waals surface area contributed by atoms with E-state index in [0.717, 1.165) is 13.1 Å². The van der Waals surface area contributed by atoms with E-state index in [1.54, 1.807) is 0 Å². The van der Waals surface area contributed by atoms with Crippen molar-refractivity contribution in [1.29, 1.82) is 0 Å². The van der Waals surface area contributed by atoms with Gasteiger partial charge in [0, 0.05) is 6.54 Å². The van der Waals surface area contributed by atoms with Gasteiger partial charge in [-0.25, -0.2) is 0 Å². The molecule has 1 heteroatoms. The molecule has 1 N–H and O–H groups in total. The summed E-state index contributed by atoms with van der Waals surface area (Å²) in [4.78, 5) is 0. The van der Waals surface area contributed by atoms with Gasteiger partial charge in [-0.3, -0.25) is 0 Å². The molecule has 0 fully saturated rings. The second-order valence-electron chi connectivity index (χ2n) is 7.15. The van der Waals surface area contributed by atoms with Gasteiger partial charge in [0.25, 0.3) is 0 Å². The molecule has 0 unspecified atom stereocenters. The molecule has 0 saturated carbocycles. The Kier molecular flexibility index (Phi) is 11.1. The van der Waals surface area contributed by atoms with E-state index in [1.165, 1.54) is 86.5 Å². The maximum absolute atomic E-state index is 3.61. The average molecular weight is 318 g/mol. The second kappa shape index (κ2) is 12.6. The van der Waals surface area contributed by atoms with Crippen LogP contribution in [0.15, 0.2) is 12.1 Å². The number of hydrogen-bond donors (Lipinski definition) is 1. The standard InChI is InChI=1S/C22H39N/c1-5-6-7-8-9-10-11-12-13-14-17-23-18-22-16-15-19(2)20(3)21(22)4/h15-16,23H,5-14,17-18H2,1-4H3. The highest BCUT2D eigenvalue weighted by Gasteiger charge is 2.03. The van der Waals surface area contributed by atoms with Crippen LogP contribution in [0, 0.1) is 20.8 Å². The van der Waals surface area contributed by atoms with Crippen LogP contribution in [-0.4, -0.2) is 6.54 Å². The summed E-state index contributed by atoms with van der Waals surface area (Å²) in [6.07, 6.45) is 14.1. The Hall–Kier alpha value is -0.820. The monoisotopic (exact) mass is 317 g/mol. The molecule has 1 rings (SSSR count). The van der Waals surface area contributed by atoms with E-state index in [4.69, 9.17) is 0 Å². The zero-order valence-electron chi connectivity index (χ0n) is 16.1. The van der Waals surface area contributed by atoms with Crippen molar-refractivity contribution in [2.24, 2.45) is 0 Å². The first kappa shape index (κ1) is 20.2. The van der Waals surface area contributed by atoms with Crippen molar-refractivity contribution in [3.63, 3.8) is 0 Å². The zero-order valence-corrected chi connectivity index (χ0v) is 16.1. The molecule has 1 aromatic rings. The molecule has 132 valence electrons. The number of unbranched alkanes of at least 4 members (excludes halogenated alkanes) is 9. The Morgan fingerprint density at radius 1 is 0.696 bits per heavy atom. The lowest BCUT2D eigenvalue weighted by atomic mass is 9.99. The van der Waals surface area contributed by atoms with Gasteiger partial charge in [0.1, 0.15) is 0 Å². The molecule has 0 aliphatic heterocycles. The molecule has 1 nitrogen and oxygen atoms in total. The van der Waals surface area contributed by atoms with Crippen LogP contribution in [0.1, 0.15) is 93.4 Å². The highest BCUT2D eigenvalue weighted by molar-refractivity contribution is 5.38. The van der Waals surface area contributed by atoms with Crippen LogP contribution in [0.25, 0.3) is 0 Å². The van der Waals surface area contributed by atoms with E-state index in [1.807, 2.05) is 0 Å². The molecule has 0 bridgehead atoms. The Bertz CT molecular complexity index is 422. The van der Waals surface area contributed by atoms with Crippen molar-refractivity contribution < 1.29 is 0 Å². The molecule has 0 radical (unpaired) electrons. The van der Waals surface area contributed by atoms with Gasteiger partial charge in [-0.2, -0.15) is 0 Å². The van der Waals surface area contributed by atoms with Crippen LogP contribution in [0.3, 0.4) is 0 Å². The largest absolute Gasteiger partial charge is 0.313 e. The van der Waals surface area contributed by atoms with E-state index >= 15 is 0 Å². The molecular formula is C22H39N. The summed E-state index contributed by atoms with van der Waals surface area (Å²) < 4.78 is 0. The van der Waals surface area contributed by atoms with Crippen molar-refractivity contribution in [3.05, 3.63) is 34.4 Å². The van der Waals surface area contributed by atoms with E-state index < -0.39 is 0 Å². The highest BCUT2D eigenvalue weighted by Crippen LogP contribution is 2.17. The molecule has 0 heterocycles. The van der Waals surface area contributed by atoms with Gasteiger partial charge in [0.2, 0.25) is 0 Å². The van der Waals surface area contributed by atoms with Gasteiger partial charge < -0.3 is 5.32 Å². The van der Waals surface area contributed by atoms with Crippen LogP contribution in [0.4, 0.5) is 0 Å². The van der Waals surface area contributed by atoms with Crippen molar-refractivity contribution in [3.8, 4) is 0 Å². The molecule has 0 spiro atoms. The van der Waals surface area contributed by atoms with Crippen LogP contribution in [-0.2, 0) is 6.54 Å². The third-order valence-electron chi connectivity index (χ3n) is 5.19. The summed E-state index contributed by atoms with van der Waals surface area (Å²) in [5, 5.41) is 3.61. The van der Waals surface area contributed by atoms with Crippen molar-refractivity contribution >= 4 is 0 Å². The van der Waals surface area contributed by atoms with E-state index in [2.05, 4.69) is 45.1 Å². The van der Waals surface area contributed by atoms with E-state index in [-0.39, 0.29) is 0 Å². The van der Waals surface area contributed by atoms with Gasteiger partial charge in [-0.15, -0.1) is 0 Å². The fourth-order valence-corrected chi connectivity index (χ4v) is 3.16. The van der Waals surface area contributed by atoms with Crippen LogP contribution < -0.4 is 5.32 Å². The summed E-state index contributed by atoms with van der Waals surface area (Å²) >= 11 is 0. The molecule has 23 heavy (non-hydrogen) atoms. The Labute approximate surface area is 145 Å². The van der Waals surface area contributed by atoms with Crippen LogP contribution in [0.5, 0.6) is 0 Å². The maximum Gasteiger partial charge on any atom is 0.0208 e. The van der Waals surface area contributed by atoms with Crippen LogP contribution in [0.2, 0.25) is 0 Å². The number of hydrogen-bond acceptors (Lipinski definition) is 1. The van der Waals surface area contributed by atoms with Gasteiger partial charge in [-0.05, 0) is 56.0 Å². The minimum Gasteiger partial charge on any atom is -0.313 e. The lowest BCUT2D eigenvalue weighted by Gasteiger charge is -2.12. The maximum atomic E-state index is 3.61. The Balaban J connectivity index is 1.97. The van der Waals surface area contributed by atoms with Gasteiger partial charge >= 0.3 is 0 Å². The van der Waals surface area contributed by atoms with E-state index in [0.29, 0.717) is 0 Å². The first-order valence-corrected chi connectivity index (χ1v) is 9.93. The summed E-state index contributed by atoms with van der Waals surface area (Å²) in [6.45, 7) is 11.1. The fraction of sp³-hybridized carbons (Fsp3) is 0.727. The van der Waals surface area contributed by atoms with Crippen molar-refractivity contribution in [1.82, 2.24) is 5.32 Å². The molecule has 0 amide bonds. The van der Waals surface area contributed by atoms with Crippen LogP contribution >= 0.6 is 0 Å². The average Bonchev–Trinajstić information content (AvgIpc) is 2.55. The lowest BCUT2D eigenvalue weighted by Crippen LogP contribution is -2.15. The van der Waals surface area contributed by atoms with Crippen molar-refractivity contribution in [2.45, 2.75) is 98.4 Å². The number of rotatable bonds is 13. The molecular weight excluding hydrogens is 278 g/mol. The number of nitrogens with one attached hydrogen (secondary N) is 1. The van der Waals surface area contributed by atoms with E-state index in [9.17, 15) is 0 Å². The molecule has 0 atom stereocenters. The SMILES string of the molecule is CCCCCCCCCCCCNCc1ccc(C)c(C)c1C. The first-order valence-electron chi connectivity index (χ1n) is 9.93. The summed E-state index contributed by atoms with van der Waals surface area (Å²) in [5.74, 6) is 0. The summed E-state index contributed by atoms with van der Waals surface area (Å²) in [5.41, 5.74) is 5.77. The predicted molar refractivity (Wildman–Crippen MR) is 104 cm³/mol. The molecule has 0 aliphatic carbocycles. The summed E-state index contributed by atoms with van der Waals surface area (Å²) in [7, 11) is 0. The third kappa shape index (κ3) is 8.55. The Morgan fingerprint density at radius 2 is 1.26 bits per heavy atom. The first-order chi connectivity index (χ1) is 11.2.